The molecular weight excluding hydrogens is 258 g/mol. The molecule has 1 amide bonds. The van der Waals surface area contributed by atoms with Crippen LogP contribution in [0, 0.1) is 5.92 Å². The van der Waals surface area contributed by atoms with Gasteiger partial charge >= 0.3 is 0 Å². The van der Waals surface area contributed by atoms with Crippen molar-refractivity contribution in [1.29, 1.82) is 0 Å². The summed E-state index contributed by atoms with van der Waals surface area (Å²) in [5, 5.41) is 0. The molecule has 0 aliphatic carbocycles. The molecule has 1 aromatic rings. The second-order valence-corrected chi connectivity index (χ2v) is 5.45. The van der Waals surface area contributed by atoms with Crippen molar-refractivity contribution in [3.05, 3.63) is 24.3 Å². The molecule has 2 unspecified atom stereocenters. The molecule has 0 spiro atoms. The molecule has 1 heterocycles. The third-order valence-corrected chi connectivity index (χ3v) is 4.04. The Morgan fingerprint density at radius 3 is 2.63 bits per heavy atom. The molecule has 0 bridgehead atoms. The van der Waals surface area contributed by atoms with E-state index in [4.69, 9.17) is 4.74 Å². The normalized spacial score (nSPS) is 20.7. The largest absolute Gasteiger partial charge is 0.491 e. The van der Waals surface area contributed by atoms with Crippen LogP contribution in [0.2, 0.25) is 0 Å². The van der Waals surface area contributed by atoms with Gasteiger partial charge in [-0.15, -0.1) is 0 Å². The van der Waals surface area contributed by atoms with Crippen LogP contribution < -0.4 is 9.64 Å². The van der Waals surface area contributed by atoms with Gasteiger partial charge in [0, 0.05) is 18.7 Å². The third kappa shape index (κ3) is 3.44. The number of thiol groups is 1. The Kier molecular flexibility index (Phi) is 4.75. The molecule has 0 saturated carbocycles. The van der Waals surface area contributed by atoms with Crippen molar-refractivity contribution in [2.45, 2.75) is 32.8 Å². The first kappa shape index (κ1) is 14.3. The van der Waals surface area contributed by atoms with E-state index in [1.807, 2.05) is 29.2 Å². The van der Waals surface area contributed by atoms with Gasteiger partial charge < -0.3 is 9.64 Å². The maximum Gasteiger partial charge on any atom is 0.227 e. The highest BCUT2D eigenvalue weighted by atomic mass is 32.1. The highest BCUT2D eigenvalue weighted by molar-refractivity contribution is 7.80. The Morgan fingerprint density at radius 1 is 1.42 bits per heavy atom. The minimum absolute atomic E-state index is 0.189. The number of anilines is 1. The smallest absolute Gasteiger partial charge is 0.227 e. The predicted molar refractivity (Wildman–Crippen MR) is 81.1 cm³/mol. The van der Waals surface area contributed by atoms with Gasteiger partial charge in [0.1, 0.15) is 5.75 Å². The van der Waals surface area contributed by atoms with Crippen LogP contribution in [0.15, 0.2) is 24.3 Å². The van der Waals surface area contributed by atoms with Crippen LogP contribution in [-0.4, -0.2) is 24.3 Å². The second kappa shape index (κ2) is 6.33. The summed E-state index contributed by atoms with van der Waals surface area (Å²) in [4.78, 5) is 13.8. The van der Waals surface area contributed by atoms with E-state index < -0.39 is 0 Å². The molecule has 19 heavy (non-hydrogen) atoms. The van der Waals surface area contributed by atoms with Crippen LogP contribution in [0.1, 0.15) is 26.7 Å². The van der Waals surface area contributed by atoms with E-state index in [-0.39, 0.29) is 12.0 Å². The van der Waals surface area contributed by atoms with E-state index in [0.29, 0.717) is 12.3 Å². The molecule has 1 saturated heterocycles. The van der Waals surface area contributed by atoms with Gasteiger partial charge in [0.2, 0.25) is 5.91 Å². The SMILES string of the molecule is CCC(C)Oc1ccc(N2CC(CS)CC2=O)cc1. The molecule has 1 fully saturated rings. The molecule has 0 N–H and O–H groups in total. The first-order valence-corrected chi connectivity index (χ1v) is 7.45. The first-order chi connectivity index (χ1) is 9.13. The maximum absolute atomic E-state index is 11.9. The van der Waals surface area contributed by atoms with Gasteiger partial charge in [-0.1, -0.05) is 6.92 Å². The summed E-state index contributed by atoms with van der Waals surface area (Å²) in [5.74, 6) is 2.18. The Balaban J connectivity index is 2.04. The van der Waals surface area contributed by atoms with Crippen molar-refractivity contribution < 1.29 is 9.53 Å². The van der Waals surface area contributed by atoms with Crippen molar-refractivity contribution in [2.75, 3.05) is 17.2 Å². The zero-order chi connectivity index (χ0) is 13.8. The highest BCUT2D eigenvalue weighted by Gasteiger charge is 2.29. The van der Waals surface area contributed by atoms with Crippen LogP contribution in [0.4, 0.5) is 5.69 Å². The molecule has 2 rings (SSSR count). The number of carbonyl (C=O) groups is 1. The topological polar surface area (TPSA) is 29.5 Å². The van der Waals surface area contributed by atoms with Crippen LogP contribution in [0.5, 0.6) is 5.75 Å². The summed E-state index contributed by atoms with van der Waals surface area (Å²) in [6, 6.07) is 7.78. The van der Waals surface area contributed by atoms with Gasteiger partial charge in [0.25, 0.3) is 0 Å². The van der Waals surface area contributed by atoms with Gasteiger partial charge in [-0.05, 0) is 49.3 Å². The van der Waals surface area contributed by atoms with Crippen LogP contribution >= 0.6 is 12.6 Å². The Morgan fingerprint density at radius 2 is 2.11 bits per heavy atom. The number of benzene rings is 1. The average molecular weight is 279 g/mol. The molecule has 104 valence electrons. The minimum Gasteiger partial charge on any atom is -0.491 e. The van der Waals surface area contributed by atoms with Crippen molar-refractivity contribution >= 4 is 24.2 Å². The number of hydrogen-bond donors (Lipinski definition) is 1. The number of hydrogen-bond acceptors (Lipinski definition) is 3. The van der Waals surface area contributed by atoms with Crippen molar-refractivity contribution in [2.24, 2.45) is 5.92 Å². The predicted octanol–water partition coefficient (Wildman–Crippen LogP) is 3.15. The molecule has 0 radical (unpaired) electrons. The Hall–Kier alpha value is -1.16. The van der Waals surface area contributed by atoms with Gasteiger partial charge in [-0.3, -0.25) is 4.79 Å². The van der Waals surface area contributed by atoms with Crippen LogP contribution in [-0.2, 0) is 4.79 Å². The Bertz CT molecular complexity index is 432. The standard InChI is InChI=1S/C15H21NO2S/c1-3-11(2)18-14-6-4-13(5-7-14)16-9-12(10-19)8-15(16)17/h4-7,11-12,19H,3,8-10H2,1-2H3. The quantitative estimate of drug-likeness (QED) is 0.839. The van der Waals surface area contributed by atoms with Crippen LogP contribution in [0.25, 0.3) is 0 Å². The van der Waals surface area contributed by atoms with E-state index in [9.17, 15) is 4.79 Å². The molecule has 2 atom stereocenters. The van der Waals surface area contributed by atoms with E-state index in [0.717, 1.165) is 30.2 Å². The van der Waals surface area contributed by atoms with Gasteiger partial charge in [-0.25, -0.2) is 0 Å². The number of ether oxygens (including phenoxy) is 1. The fourth-order valence-electron chi connectivity index (χ4n) is 2.17. The zero-order valence-corrected chi connectivity index (χ0v) is 12.4. The summed E-state index contributed by atoms with van der Waals surface area (Å²) in [5.41, 5.74) is 0.950. The van der Waals surface area contributed by atoms with Gasteiger partial charge in [0.15, 0.2) is 0 Å². The second-order valence-electron chi connectivity index (χ2n) is 5.09. The van der Waals surface area contributed by atoms with E-state index >= 15 is 0 Å². The lowest BCUT2D eigenvalue weighted by Gasteiger charge is -2.18. The lowest BCUT2D eigenvalue weighted by Crippen LogP contribution is -2.24. The van der Waals surface area contributed by atoms with Crippen LogP contribution in [0.3, 0.4) is 0 Å². The third-order valence-electron chi connectivity index (χ3n) is 3.52. The first-order valence-electron chi connectivity index (χ1n) is 6.82. The van der Waals surface area contributed by atoms with Gasteiger partial charge in [0.05, 0.1) is 6.10 Å². The molecular formula is C15H21NO2S. The van der Waals surface area contributed by atoms with E-state index in [1.54, 1.807) is 0 Å². The molecule has 4 heteroatoms. The fraction of sp³-hybridized carbons (Fsp3) is 0.533. The average Bonchev–Trinajstić information content (AvgIpc) is 2.81. The monoisotopic (exact) mass is 279 g/mol. The molecule has 1 aromatic carbocycles. The maximum atomic E-state index is 11.9. The van der Waals surface area contributed by atoms with E-state index in [1.165, 1.54) is 0 Å². The zero-order valence-electron chi connectivity index (χ0n) is 11.5. The highest BCUT2D eigenvalue weighted by Crippen LogP contribution is 2.27. The number of amides is 1. The lowest BCUT2D eigenvalue weighted by molar-refractivity contribution is -0.117. The van der Waals surface area contributed by atoms with Gasteiger partial charge in [-0.2, -0.15) is 12.6 Å². The number of carbonyl (C=O) groups excluding carboxylic acids is 1. The molecule has 1 aliphatic heterocycles. The lowest BCUT2D eigenvalue weighted by atomic mass is 10.1. The summed E-state index contributed by atoms with van der Waals surface area (Å²) in [6.45, 7) is 4.92. The Labute approximate surface area is 120 Å². The summed E-state index contributed by atoms with van der Waals surface area (Å²) >= 11 is 4.28. The summed E-state index contributed by atoms with van der Waals surface area (Å²) in [6.07, 6.45) is 1.80. The fourth-order valence-corrected chi connectivity index (χ4v) is 2.42. The number of nitrogens with zero attached hydrogens (tertiary/aromatic N) is 1. The van der Waals surface area contributed by atoms with Crippen molar-refractivity contribution in [3.8, 4) is 5.75 Å². The number of rotatable bonds is 5. The molecule has 3 nitrogen and oxygen atoms in total. The molecule has 0 aromatic heterocycles. The summed E-state index contributed by atoms with van der Waals surface area (Å²) < 4.78 is 5.73. The summed E-state index contributed by atoms with van der Waals surface area (Å²) in [7, 11) is 0. The van der Waals surface area contributed by atoms with Crippen molar-refractivity contribution in [1.82, 2.24) is 0 Å². The molecule has 1 aliphatic rings. The van der Waals surface area contributed by atoms with E-state index in [2.05, 4.69) is 26.5 Å². The van der Waals surface area contributed by atoms with Crippen molar-refractivity contribution in [3.63, 3.8) is 0 Å². The minimum atomic E-state index is 0.189.